The Morgan fingerprint density at radius 2 is 2.27 bits per heavy atom. The predicted molar refractivity (Wildman–Crippen MR) is 62.6 cm³/mol. The van der Waals surface area contributed by atoms with Gasteiger partial charge in [0.2, 0.25) is 0 Å². The quantitative estimate of drug-likeness (QED) is 0.838. The number of hydrogen-bond acceptors (Lipinski definition) is 2. The van der Waals surface area contributed by atoms with E-state index in [4.69, 9.17) is 11.6 Å². The number of hydrogen-bond donors (Lipinski definition) is 2. The Balaban J connectivity index is 2.90. The fourth-order valence-electron chi connectivity index (χ4n) is 1.19. The molecule has 5 heteroatoms. The highest BCUT2D eigenvalue weighted by atomic mass is 79.9. The summed E-state index contributed by atoms with van der Waals surface area (Å²) in [4.78, 5) is 0. The van der Waals surface area contributed by atoms with Gasteiger partial charge in [0, 0.05) is 16.6 Å². The molecule has 2 N–H and O–H groups in total. The number of likely N-dealkylation sites (N-methyl/N-ethyl adjacent to an activating group) is 1. The summed E-state index contributed by atoms with van der Waals surface area (Å²) in [6.07, 6.45) is -0.879. The fraction of sp³-hybridized carbons (Fsp3) is 0.400. The lowest BCUT2D eigenvalue weighted by atomic mass is 10.1. The molecule has 1 rings (SSSR count). The maximum Gasteiger partial charge on any atom is 0.148 e. The van der Waals surface area contributed by atoms with E-state index in [-0.39, 0.29) is 10.6 Å². The van der Waals surface area contributed by atoms with Crippen LogP contribution < -0.4 is 5.32 Å². The van der Waals surface area contributed by atoms with Crippen molar-refractivity contribution in [3.8, 4) is 0 Å². The van der Waals surface area contributed by atoms with E-state index in [2.05, 4.69) is 21.2 Å². The number of aliphatic hydroxyl groups excluding tert-OH is 1. The highest BCUT2D eigenvalue weighted by Crippen LogP contribution is 2.30. The van der Waals surface area contributed by atoms with Gasteiger partial charge >= 0.3 is 0 Å². The Morgan fingerprint density at radius 1 is 1.60 bits per heavy atom. The van der Waals surface area contributed by atoms with Crippen molar-refractivity contribution in [1.29, 1.82) is 0 Å². The minimum atomic E-state index is -0.879. The summed E-state index contributed by atoms with van der Waals surface area (Å²) in [5.41, 5.74) is 0.212. The third-order valence-electron chi connectivity index (χ3n) is 2.01. The largest absolute Gasteiger partial charge is 0.387 e. The molecule has 0 radical (unpaired) electrons. The van der Waals surface area contributed by atoms with Gasteiger partial charge in [-0.25, -0.2) is 4.39 Å². The van der Waals surface area contributed by atoms with Crippen LogP contribution in [0.15, 0.2) is 16.6 Å². The second-order valence-corrected chi connectivity index (χ2v) is 4.32. The van der Waals surface area contributed by atoms with Gasteiger partial charge in [0.1, 0.15) is 5.82 Å². The maximum absolute atomic E-state index is 13.6. The first-order valence-corrected chi connectivity index (χ1v) is 5.77. The summed E-state index contributed by atoms with van der Waals surface area (Å²) >= 11 is 8.82. The Morgan fingerprint density at radius 3 is 2.87 bits per heavy atom. The summed E-state index contributed by atoms with van der Waals surface area (Å²) in [6, 6.07) is 3.14. The van der Waals surface area contributed by atoms with Crippen molar-refractivity contribution in [2.45, 2.75) is 13.0 Å². The van der Waals surface area contributed by atoms with E-state index in [9.17, 15) is 9.50 Å². The SMILES string of the molecule is CCNCC(O)c1ccc(Br)c(Cl)c1F. The van der Waals surface area contributed by atoms with Crippen molar-refractivity contribution >= 4 is 27.5 Å². The van der Waals surface area contributed by atoms with Crippen LogP contribution in [0.1, 0.15) is 18.6 Å². The average Bonchev–Trinajstić information content (AvgIpc) is 2.23. The van der Waals surface area contributed by atoms with E-state index >= 15 is 0 Å². The molecule has 84 valence electrons. The Bertz CT molecular complexity index is 348. The smallest absolute Gasteiger partial charge is 0.148 e. The van der Waals surface area contributed by atoms with Gasteiger partial charge < -0.3 is 10.4 Å². The molecule has 0 fully saturated rings. The van der Waals surface area contributed by atoms with E-state index in [0.29, 0.717) is 11.0 Å². The summed E-state index contributed by atoms with van der Waals surface area (Å²) in [7, 11) is 0. The number of rotatable bonds is 4. The van der Waals surface area contributed by atoms with Gasteiger partial charge in [0.05, 0.1) is 11.1 Å². The van der Waals surface area contributed by atoms with Crippen molar-refractivity contribution in [2.24, 2.45) is 0 Å². The van der Waals surface area contributed by atoms with Gasteiger partial charge in [-0.2, -0.15) is 0 Å². The van der Waals surface area contributed by atoms with E-state index < -0.39 is 11.9 Å². The molecule has 0 saturated carbocycles. The van der Waals surface area contributed by atoms with Crippen LogP contribution in [0, 0.1) is 5.82 Å². The normalized spacial score (nSPS) is 12.9. The average molecular weight is 297 g/mol. The minimum absolute atomic E-state index is 0.00282. The zero-order valence-corrected chi connectivity index (χ0v) is 10.6. The molecular formula is C10H12BrClFNO. The first-order valence-electron chi connectivity index (χ1n) is 4.60. The molecule has 0 spiro atoms. The van der Waals surface area contributed by atoms with Crippen molar-refractivity contribution in [1.82, 2.24) is 5.32 Å². The van der Waals surface area contributed by atoms with Crippen LogP contribution in [0.3, 0.4) is 0 Å². The molecule has 0 aliphatic carbocycles. The highest BCUT2D eigenvalue weighted by Gasteiger charge is 2.16. The molecule has 1 aromatic rings. The van der Waals surface area contributed by atoms with Crippen LogP contribution in [0.5, 0.6) is 0 Å². The van der Waals surface area contributed by atoms with E-state index in [0.717, 1.165) is 6.54 Å². The predicted octanol–water partition coefficient (Wildman–Crippen LogP) is 2.88. The molecule has 0 aliphatic heterocycles. The number of benzene rings is 1. The van der Waals surface area contributed by atoms with Crippen LogP contribution in [-0.2, 0) is 0 Å². The lowest BCUT2D eigenvalue weighted by Crippen LogP contribution is -2.21. The third kappa shape index (κ3) is 3.14. The summed E-state index contributed by atoms with van der Waals surface area (Å²) in [5, 5.41) is 12.6. The first-order chi connectivity index (χ1) is 7.07. The molecule has 0 amide bonds. The minimum Gasteiger partial charge on any atom is -0.387 e. The van der Waals surface area contributed by atoms with Crippen LogP contribution in [-0.4, -0.2) is 18.2 Å². The standard InChI is InChI=1S/C10H12BrClFNO/c1-2-14-5-8(15)6-3-4-7(11)9(12)10(6)13/h3-4,8,14-15H,2,5H2,1H3. The van der Waals surface area contributed by atoms with Gasteiger partial charge in [0.15, 0.2) is 0 Å². The van der Waals surface area contributed by atoms with E-state index in [1.54, 1.807) is 6.07 Å². The van der Waals surface area contributed by atoms with Crippen molar-refractivity contribution in [2.75, 3.05) is 13.1 Å². The molecule has 1 unspecified atom stereocenters. The highest BCUT2D eigenvalue weighted by molar-refractivity contribution is 9.10. The Kier molecular flexibility index (Phi) is 4.99. The van der Waals surface area contributed by atoms with Crippen LogP contribution in [0.25, 0.3) is 0 Å². The van der Waals surface area contributed by atoms with Gasteiger partial charge in [-0.1, -0.05) is 24.6 Å². The first kappa shape index (κ1) is 12.9. The van der Waals surface area contributed by atoms with Gasteiger partial charge in [-0.15, -0.1) is 0 Å². The van der Waals surface area contributed by atoms with Gasteiger partial charge in [-0.05, 0) is 28.5 Å². The second kappa shape index (κ2) is 5.80. The lowest BCUT2D eigenvalue weighted by molar-refractivity contribution is 0.171. The van der Waals surface area contributed by atoms with Crippen molar-refractivity contribution in [3.05, 3.63) is 33.0 Å². The zero-order valence-electron chi connectivity index (χ0n) is 8.23. The Hall–Kier alpha value is -0.160. The topological polar surface area (TPSA) is 32.3 Å². The van der Waals surface area contributed by atoms with Gasteiger partial charge in [-0.3, -0.25) is 0 Å². The number of aliphatic hydroxyl groups is 1. The molecule has 2 nitrogen and oxygen atoms in total. The molecular weight excluding hydrogens is 284 g/mol. The van der Waals surface area contributed by atoms with Crippen LogP contribution >= 0.6 is 27.5 Å². The molecule has 0 saturated heterocycles. The summed E-state index contributed by atoms with van der Waals surface area (Å²) in [6.45, 7) is 2.95. The lowest BCUT2D eigenvalue weighted by Gasteiger charge is -2.13. The van der Waals surface area contributed by atoms with Crippen LogP contribution in [0.2, 0.25) is 5.02 Å². The second-order valence-electron chi connectivity index (χ2n) is 3.09. The van der Waals surface area contributed by atoms with Gasteiger partial charge in [0.25, 0.3) is 0 Å². The van der Waals surface area contributed by atoms with Crippen molar-refractivity contribution in [3.63, 3.8) is 0 Å². The maximum atomic E-state index is 13.6. The monoisotopic (exact) mass is 295 g/mol. The third-order valence-corrected chi connectivity index (χ3v) is 3.27. The molecule has 0 aliphatic rings. The number of nitrogens with one attached hydrogen (secondary N) is 1. The molecule has 1 aromatic carbocycles. The number of halogens is 3. The molecule has 15 heavy (non-hydrogen) atoms. The summed E-state index contributed by atoms with van der Waals surface area (Å²) in [5.74, 6) is -0.573. The van der Waals surface area contributed by atoms with E-state index in [1.165, 1.54) is 6.07 Å². The molecule has 0 aromatic heterocycles. The van der Waals surface area contributed by atoms with Crippen LogP contribution in [0.4, 0.5) is 4.39 Å². The zero-order chi connectivity index (χ0) is 11.4. The van der Waals surface area contributed by atoms with E-state index in [1.807, 2.05) is 6.92 Å². The molecule has 0 bridgehead atoms. The molecule has 0 heterocycles. The fourth-order valence-corrected chi connectivity index (χ4v) is 1.67. The van der Waals surface area contributed by atoms with Crippen molar-refractivity contribution < 1.29 is 9.50 Å². The molecule has 1 atom stereocenters. The Labute approximate surface area is 102 Å². The summed E-state index contributed by atoms with van der Waals surface area (Å²) < 4.78 is 14.1.